The van der Waals surface area contributed by atoms with E-state index < -0.39 is 0 Å². The normalized spacial score (nSPS) is 10.8. The van der Waals surface area contributed by atoms with Gasteiger partial charge in [-0.05, 0) is 24.8 Å². The molecule has 0 saturated heterocycles. The zero-order valence-electron chi connectivity index (χ0n) is 9.18. The first-order chi connectivity index (χ1) is 7.72. The molecule has 2 heterocycles. The maximum Gasteiger partial charge on any atom is 0.350 e. The molecule has 0 aromatic carbocycles. The summed E-state index contributed by atoms with van der Waals surface area (Å²) in [6.45, 7) is 5.01. The number of pyridine rings is 1. The van der Waals surface area contributed by atoms with Crippen LogP contribution in [0.25, 0.3) is 5.65 Å². The lowest BCUT2D eigenvalue weighted by molar-refractivity contribution is 0.633. The molecule has 5 nitrogen and oxygen atoms in total. The summed E-state index contributed by atoms with van der Waals surface area (Å²) in [5.41, 5.74) is 1.45. The summed E-state index contributed by atoms with van der Waals surface area (Å²) < 4.78 is 2.95. The van der Waals surface area contributed by atoms with Crippen LogP contribution in [0.15, 0.2) is 41.3 Å². The van der Waals surface area contributed by atoms with E-state index in [-0.39, 0.29) is 5.69 Å². The zero-order chi connectivity index (χ0) is 11.5. The molecule has 2 aromatic heterocycles. The van der Waals surface area contributed by atoms with E-state index in [1.165, 1.54) is 9.08 Å². The molecule has 0 spiro atoms. The van der Waals surface area contributed by atoms with Gasteiger partial charge in [-0.3, -0.25) is 4.40 Å². The first-order valence-electron chi connectivity index (χ1n) is 5.08. The average molecular weight is 218 g/mol. The summed E-state index contributed by atoms with van der Waals surface area (Å²) in [4.78, 5) is 11.9. The Morgan fingerprint density at radius 3 is 3.06 bits per heavy atom. The van der Waals surface area contributed by atoms with E-state index in [0.29, 0.717) is 18.7 Å². The van der Waals surface area contributed by atoms with Crippen molar-refractivity contribution in [2.45, 2.75) is 6.54 Å². The topological polar surface area (TPSA) is 51.3 Å². The van der Waals surface area contributed by atoms with Crippen molar-refractivity contribution in [3.05, 3.63) is 47.0 Å². The predicted molar refractivity (Wildman–Crippen MR) is 62.5 cm³/mol. The van der Waals surface area contributed by atoms with Crippen molar-refractivity contribution in [3.63, 3.8) is 0 Å². The van der Waals surface area contributed by atoms with Gasteiger partial charge in [0.1, 0.15) is 0 Å². The molecule has 1 N–H and O–H groups in total. The Hall–Kier alpha value is -1.88. The zero-order valence-corrected chi connectivity index (χ0v) is 9.18. The maximum absolute atomic E-state index is 11.9. The highest BCUT2D eigenvalue weighted by molar-refractivity contribution is 5.35. The molecule has 5 heteroatoms. The van der Waals surface area contributed by atoms with Crippen LogP contribution >= 0.6 is 0 Å². The molecule has 0 amide bonds. The van der Waals surface area contributed by atoms with Gasteiger partial charge in [-0.2, -0.15) is 0 Å². The first-order valence-corrected chi connectivity index (χ1v) is 5.08. The van der Waals surface area contributed by atoms with Gasteiger partial charge < -0.3 is 5.32 Å². The molecule has 0 aliphatic rings. The molecule has 0 aliphatic carbocycles. The molecule has 16 heavy (non-hydrogen) atoms. The minimum Gasteiger partial charge on any atom is -0.316 e. The standard InChI is InChI=1S/C11H14N4O/c1-9(7-12-2)8-15-11(16)14-6-4-3-5-10(14)13-15/h3-6,12H,1,7-8H2,2H3. The van der Waals surface area contributed by atoms with Gasteiger partial charge in [0.2, 0.25) is 0 Å². The van der Waals surface area contributed by atoms with E-state index in [1.807, 2.05) is 19.2 Å². The lowest BCUT2D eigenvalue weighted by atomic mass is 10.3. The highest BCUT2D eigenvalue weighted by Gasteiger charge is 2.06. The SMILES string of the molecule is C=C(CNC)Cn1nc2ccccn2c1=O. The maximum atomic E-state index is 11.9. The predicted octanol–water partition coefficient (Wildman–Crippen LogP) is 0.272. The van der Waals surface area contributed by atoms with Crippen molar-refractivity contribution in [1.82, 2.24) is 19.5 Å². The molecule has 0 unspecified atom stereocenters. The third-order valence-corrected chi connectivity index (χ3v) is 2.29. The third kappa shape index (κ3) is 1.90. The second-order valence-corrected chi connectivity index (χ2v) is 3.65. The van der Waals surface area contributed by atoms with Gasteiger partial charge in [-0.15, -0.1) is 5.10 Å². The minimum atomic E-state index is -0.132. The van der Waals surface area contributed by atoms with Crippen LogP contribution in [0.3, 0.4) is 0 Å². The molecule has 0 bridgehead atoms. The van der Waals surface area contributed by atoms with E-state index in [4.69, 9.17) is 0 Å². The second-order valence-electron chi connectivity index (χ2n) is 3.65. The van der Waals surface area contributed by atoms with E-state index in [2.05, 4.69) is 17.0 Å². The van der Waals surface area contributed by atoms with Crippen molar-refractivity contribution in [2.75, 3.05) is 13.6 Å². The Balaban J connectivity index is 2.35. The number of rotatable bonds is 4. The summed E-state index contributed by atoms with van der Waals surface area (Å²) in [7, 11) is 1.84. The van der Waals surface area contributed by atoms with Gasteiger partial charge in [0.15, 0.2) is 5.65 Å². The Bertz CT molecular complexity index is 567. The van der Waals surface area contributed by atoms with Gasteiger partial charge >= 0.3 is 5.69 Å². The fraction of sp³-hybridized carbons (Fsp3) is 0.273. The van der Waals surface area contributed by atoms with Crippen LogP contribution in [-0.4, -0.2) is 27.8 Å². The third-order valence-electron chi connectivity index (χ3n) is 2.29. The van der Waals surface area contributed by atoms with E-state index in [0.717, 1.165) is 5.57 Å². The number of likely N-dealkylation sites (N-methyl/N-ethyl adjacent to an activating group) is 1. The van der Waals surface area contributed by atoms with Crippen LogP contribution in [0.4, 0.5) is 0 Å². The minimum absolute atomic E-state index is 0.132. The fourth-order valence-corrected chi connectivity index (χ4v) is 1.59. The van der Waals surface area contributed by atoms with Gasteiger partial charge in [0.25, 0.3) is 0 Å². The van der Waals surface area contributed by atoms with Crippen molar-refractivity contribution in [3.8, 4) is 0 Å². The Labute approximate surface area is 93.0 Å². The largest absolute Gasteiger partial charge is 0.350 e. The smallest absolute Gasteiger partial charge is 0.316 e. The molecule has 0 fully saturated rings. The molecule has 0 saturated carbocycles. The number of aromatic nitrogens is 3. The van der Waals surface area contributed by atoms with Gasteiger partial charge in [0, 0.05) is 12.7 Å². The van der Waals surface area contributed by atoms with Gasteiger partial charge in [-0.1, -0.05) is 12.6 Å². The molecule has 0 aliphatic heterocycles. The summed E-state index contributed by atoms with van der Waals surface area (Å²) in [6.07, 6.45) is 1.71. The fourth-order valence-electron chi connectivity index (χ4n) is 1.59. The van der Waals surface area contributed by atoms with Crippen molar-refractivity contribution >= 4 is 5.65 Å². The molecule has 0 atom stereocenters. The highest BCUT2D eigenvalue weighted by Crippen LogP contribution is 1.97. The Morgan fingerprint density at radius 1 is 1.56 bits per heavy atom. The summed E-state index contributed by atoms with van der Waals surface area (Å²) >= 11 is 0. The summed E-state index contributed by atoms with van der Waals surface area (Å²) in [6, 6.07) is 5.47. The number of fused-ring (bicyclic) bond motifs is 1. The second kappa shape index (κ2) is 4.32. The molecular formula is C11H14N4O. The van der Waals surface area contributed by atoms with Crippen LogP contribution in [0, 0.1) is 0 Å². The van der Waals surface area contributed by atoms with Crippen molar-refractivity contribution in [1.29, 1.82) is 0 Å². The molecule has 84 valence electrons. The lowest BCUT2D eigenvalue weighted by Gasteiger charge is -2.02. The first kappa shape index (κ1) is 10.6. The van der Waals surface area contributed by atoms with Crippen LogP contribution in [-0.2, 0) is 6.54 Å². The molecule has 2 aromatic rings. The summed E-state index contributed by atoms with van der Waals surface area (Å²) in [5.74, 6) is 0. The van der Waals surface area contributed by atoms with Gasteiger partial charge in [0.05, 0.1) is 6.54 Å². The monoisotopic (exact) mass is 218 g/mol. The van der Waals surface area contributed by atoms with Crippen molar-refractivity contribution < 1.29 is 0 Å². The number of hydrogen-bond acceptors (Lipinski definition) is 3. The van der Waals surface area contributed by atoms with E-state index >= 15 is 0 Å². The van der Waals surface area contributed by atoms with E-state index in [9.17, 15) is 4.79 Å². The van der Waals surface area contributed by atoms with Crippen LogP contribution in [0.1, 0.15) is 0 Å². The average Bonchev–Trinajstić information content (AvgIpc) is 2.57. The Morgan fingerprint density at radius 2 is 2.38 bits per heavy atom. The van der Waals surface area contributed by atoms with E-state index in [1.54, 1.807) is 12.3 Å². The summed E-state index contributed by atoms with van der Waals surface area (Å²) in [5, 5.41) is 7.20. The van der Waals surface area contributed by atoms with Crippen molar-refractivity contribution in [2.24, 2.45) is 0 Å². The van der Waals surface area contributed by atoms with Crippen LogP contribution < -0.4 is 11.0 Å². The van der Waals surface area contributed by atoms with Gasteiger partial charge in [-0.25, -0.2) is 9.48 Å². The quantitative estimate of drug-likeness (QED) is 0.749. The lowest BCUT2D eigenvalue weighted by Crippen LogP contribution is -2.24. The molecule has 0 radical (unpaired) electrons. The molecule has 2 rings (SSSR count). The van der Waals surface area contributed by atoms with Crippen LogP contribution in [0.2, 0.25) is 0 Å². The number of nitrogens with zero attached hydrogens (tertiary/aromatic N) is 3. The number of nitrogens with one attached hydrogen (secondary N) is 1. The number of hydrogen-bond donors (Lipinski definition) is 1. The Kier molecular flexibility index (Phi) is 2.87. The molecular weight excluding hydrogens is 204 g/mol. The highest BCUT2D eigenvalue weighted by atomic mass is 16.2. The van der Waals surface area contributed by atoms with Crippen LogP contribution in [0.5, 0.6) is 0 Å².